The van der Waals surface area contributed by atoms with E-state index in [0.717, 1.165) is 9.66 Å². The molecule has 0 aromatic heterocycles. The summed E-state index contributed by atoms with van der Waals surface area (Å²) in [6, 6.07) is 7.66. The SMILES string of the molecule is C[Si](C)(C)O[Si](C)(C)O[Si](C)(C)O[Si](C)(C)O[Si](C)(C)c1cc(C#N)c(C#N)cc1Br. The Kier molecular flexibility index (Phi) is 9.09. The summed E-state index contributed by atoms with van der Waals surface area (Å²) < 4.78 is 26.9. The maximum atomic E-state index is 9.43. The minimum atomic E-state index is -2.58. The van der Waals surface area contributed by atoms with Crippen LogP contribution in [0.4, 0.5) is 0 Å². The smallest absolute Gasteiger partial charge is 0.314 e. The van der Waals surface area contributed by atoms with Crippen LogP contribution in [-0.2, 0) is 16.5 Å². The van der Waals surface area contributed by atoms with E-state index >= 15 is 0 Å². The van der Waals surface area contributed by atoms with Crippen LogP contribution in [0.3, 0.4) is 0 Å². The maximum Gasteiger partial charge on any atom is 0.314 e. The van der Waals surface area contributed by atoms with Crippen LogP contribution in [0, 0.1) is 22.7 Å². The first-order valence-corrected chi connectivity index (χ1v) is 25.7. The van der Waals surface area contributed by atoms with Gasteiger partial charge in [0.15, 0.2) is 8.32 Å². The number of hydrogen-bond donors (Lipinski definition) is 0. The number of halogens is 1. The summed E-state index contributed by atoms with van der Waals surface area (Å²) >= 11 is 3.57. The van der Waals surface area contributed by atoms with Crippen molar-refractivity contribution in [2.75, 3.05) is 0 Å². The van der Waals surface area contributed by atoms with E-state index in [1.54, 1.807) is 12.1 Å². The molecule has 31 heavy (non-hydrogen) atoms. The highest BCUT2D eigenvalue weighted by Gasteiger charge is 2.45. The molecule has 0 aliphatic rings. The number of benzene rings is 1. The fraction of sp³-hybridized carbons (Fsp3) is 0.579. The zero-order valence-electron chi connectivity index (χ0n) is 20.6. The zero-order valence-corrected chi connectivity index (χ0v) is 27.1. The van der Waals surface area contributed by atoms with Gasteiger partial charge in [0.2, 0.25) is 8.32 Å². The molecule has 1 aromatic carbocycles. The largest absolute Gasteiger partial charge is 0.437 e. The summed E-state index contributed by atoms with van der Waals surface area (Å²) in [5.74, 6) is 0. The Bertz CT molecular complexity index is 902. The molecule has 0 atom stereocenters. The molecule has 1 rings (SSSR count). The molecule has 0 heterocycles. The van der Waals surface area contributed by atoms with Crippen molar-refractivity contribution < 1.29 is 16.5 Å². The molecule has 0 unspecified atom stereocenters. The highest BCUT2D eigenvalue weighted by molar-refractivity contribution is 9.10. The van der Waals surface area contributed by atoms with E-state index in [4.69, 9.17) is 16.5 Å². The van der Waals surface area contributed by atoms with Gasteiger partial charge in [0.25, 0.3) is 0 Å². The van der Waals surface area contributed by atoms with Gasteiger partial charge in [0.1, 0.15) is 12.1 Å². The lowest BCUT2D eigenvalue weighted by Gasteiger charge is -2.42. The van der Waals surface area contributed by atoms with Crippen LogP contribution < -0.4 is 5.19 Å². The molecule has 0 N–H and O–H groups in total. The second-order valence-corrected chi connectivity index (χ2v) is 30.6. The van der Waals surface area contributed by atoms with Gasteiger partial charge in [-0.2, -0.15) is 10.5 Å². The summed E-state index contributed by atoms with van der Waals surface area (Å²) in [7, 11) is -11.6. The van der Waals surface area contributed by atoms with Crippen molar-refractivity contribution in [2.45, 2.75) is 72.0 Å². The molecule has 0 amide bonds. The first kappa shape index (κ1) is 28.6. The molecule has 0 bridgehead atoms. The van der Waals surface area contributed by atoms with Crippen molar-refractivity contribution in [1.82, 2.24) is 0 Å². The van der Waals surface area contributed by atoms with E-state index in [0.29, 0.717) is 11.1 Å². The van der Waals surface area contributed by atoms with E-state index in [1.807, 2.05) is 26.2 Å². The molecule has 6 nitrogen and oxygen atoms in total. The van der Waals surface area contributed by atoms with Crippen molar-refractivity contribution in [2.24, 2.45) is 0 Å². The molecule has 0 aliphatic heterocycles. The lowest BCUT2D eigenvalue weighted by molar-refractivity contribution is 0.300. The molecular formula is C19H35BrN2O4Si5. The molecule has 0 radical (unpaired) electrons. The van der Waals surface area contributed by atoms with Gasteiger partial charge in [-0.25, -0.2) is 0 Å². The second kappa shape index (κ2) is 9.84. The van der Waals surface area contributed by atoms with E-state index in [9.17, 15) is 10.5 Å². The Morgan fingerprint density at radius 3 is 1.45 bits per heavy atom. The molecule has 1 aromatic rings. The van der Waals surface area contributed by atoms with Gasteiger partial charge >= 0.3 is 25.7 Å². The summed E-state index contributed by atoms with van der Waals surface area (Å²) in [4.78, 5) is 0. The van der Waals surface area contributed by atoms with Crippen molar-refractivity contribution in [3.63, 3.8) is 0 Å². The monoisotopic (exact) mass is 574 g/mol. The highest BCUT2D eigenvalue weighted by Crippen LogP contribution is 2.27. The first-order valence-electron chi connectivity index (χ1n) is 10.2. The normalized spacial score (nSPS) is 13.6. The van der Waals surface area contributed by atoms with Crippen molar-refractivity contribution in [3.05, 3.63) is 27.7 Å². The van der Waals surface area contributed by atoms with Gasteiger partial charge in [0, 0.05) is 4.47 Å². The summed E-state index contributed by atoms with van der Waals surface area (Å²) in [6.07, 6.45) is 0. The number of rotatable bonds is 9. The molecule has 0 aliphatic carbocycles. The van der Waals surface area contributed by atoms with Gasteiger partial charge in [-0.1, -0.05) is 15.9 Å². The van der Waals surface area contributed by atoms with Crippen molar-refractivity contribution in [1.29, 1.82) is 10.5 Å². The molecule has 12 heteroatoms. The number of nitrogens with zero attached hydrogens (tertiary/aromatic N) is 2. The predicted octanol–water partition coefficient (Wildman–Crippen LogP) is 5.61. The van der Waals surface area contributed by atoms with Crippen LogP contribution in [0.15, 0.2) is 16.6 Å². The van der Waals surface area contributed by atoms with Gasteiger partial charge in [-0.3, -0.25) is 0 Å². The van der Waals surface area contributed by atoms with E-state index in [2.05, 4.69) is 73.9 Å². The Hall–Kier alpha value is -0.396. The Balaban J connectivity index is 3.10. The average Bonchev–Trinajstić information content (AvgIpc) is 2.47. The van der Waals surface area contributed by atoms with E-state index in [-0.39, 0.29) is 0 Å². The lowest BCUT2D eigenvalue weighted by Crippen LogP contribution is -2.60. The van der Waals surface area contributed by atoms with Gasteiger partial charge in [-0.15, -0.1) is 0 Å². The second-order valence-electron chi connectivity index (χ2n) is 10.3. The van der Waals surface area contributed by atoms with E-state index < -0.39 is 42.3 Å². The predicted molar refractivity (Wildman–Crippen MR) is 141 cm³/mol. The summed E-state index contributed by atoms with van der Waals surface area (Å²) in [6.45, 7) is 23.0. The van der Waals surface area contributed by atoms with Crippen LogP contribution in [0.1, 0.15) is 11.1 Å². The number of nitriles is 2. The highest BCUT2D eigenvalue weighted by atomic mass is 79.9. The van der Waals surface area contributed by atoms with Crippen LogP contribution >= 0.6 is 15.9 Å². The van der Waals surface area contributed by atoms with Gasteiger partial charge in [0.05, 0.1) is 11.1 Å². The van der Waals surface area contributed by atoms with Crippen LogP contribution in [0.5, 0.6) is 0 Å². The molecule has 0 spiro atoms. The molecule has 0 saturated heterocycles. The van der Waals surface area contributed by atoms with E-state index in [1.165, 1.54) is 0 Å². The Morgan fingerprint density at radius 1 is 0.645 bits per heavy atom. The van der Waals surface area contributed by atoms with Crippen molar-refractivity contribution in [3.8, 4) is 12.1 Å². The molecule has 0 saturated carbocycles. The standard InChI is InChI=1S/C19H35BrN2O4Si5/c1-27(2,3)23-29(6,7)25-31(10,11)26-30(8,9)24-28(4,5)19-13-17(15-22)16(14-21)12-18(19)20/h12-13H,1-11H3. The molecular weight excluding hydrogens is 541 g/mol. The zero-order chi connectivity index (χ0) is 24.5. The van der Waals surface area contributed by atoms with Gasteiger partial charge in [-0.05, 0) is 89.3 Å². The van der Waals surface area contributed by atoms with Gasteiger partial charge < -0.3 is 16.5 Å². The van der Waals surface area contributed by atoms with Crippen LogP contribution in [-0.4, -0.2) is 42.3 Å². The Morgan fingerprint density at radius 2 is 1.03 bits per heavy atom. The average molecular weight is 576 g/mol. The lowest BCUT2D eigenvalue weighted by atomic mass is 10.1. The minimum Gasteiger partial charge on any atom is -0.437 e. The molecule has 0 fully saturated rings. The quantitative estimate of drug-likeness (QED) is 0.356. The van der Waals surface area contributed by atoms with Crippen LogP contribution in [0.2, 0.25) is 72.0 Å². The Labute approximate surface area is 201 Å². The fourth-order valence-electron chi connectivity index (χ4n) is 3.87. The number of hydrogen-bond acceptors (Lipinski definition) is 6. The third-order valence-electron chi connectivity index (χ3n) is 4.03. The minimum absolute atomic E-state index is 0.354. The third-order valence-corrected chi connectivity index (χ3v) is 23.1. The third kappa shape index (κ3) is 9.17. The van der Waals surface area contributed by atoms with Crippen LogP contribution in [0.25, 0.3) is 0 Å². The topological polar surface area (TPSA) is 84.5 Å². The maximum absolute atomic E-state index is 9.43. The first-order chi connectivity index (χ1) is 13.7. The fourth-order valence-corrected chi connectivity index (χ4v) is 29.1. The molecule has 172 valence electrons. The van der Waals surface area contributed by atoms with Crippen molar-refractivity contribution >= 4 is 63.4 Å². The summed E-state index contributed by atoms with van der Waals surface area (Å²) in [5.41, 5.74) is 0.715. The summed E-state index contributed by atoms with van der Waals surface area (Å²) in [5, 5.41) is 19.6.